The van der Waals surface area contributed by atoms with Crippen LogP contribution in [0.1, 0.15) is 32.1 Å². The van der Waals surface area contributed by atoms with Gasteiger partial charge in [-0.2, -0.15) is 0 Å². The first kappa shape index (κ1) is 12.3. The van der Waals surface area contributed by atoms with Crippen LogP contribution in [0.25, 0.3) is 0 Å². The fraction of sp³-hybridized carbons (Fsp3) is 0.533. The monoisotopic (exact) mass is 231 g/mol. The summed E-state index contributed by atoms with van der Waals surface area (Å²) in [6, 6.07) is 0. The van der Waals surface area contributed by atoms with Crippen LogP contribution >= 0.6 is 0 Å². The minimum atomic E-state index is 0.0695. The Bertz CT molecular complexity index is 346. The molecule has 0 aromatic heterocycles. The van der Waals surface area contributed by atoms with Gasteiger partial charge < -0.3 is 4.74 Å². The van der Waals surface area contributed by atoms with Crippen molar-refractivity contribution in [1.82, 2.24) is 0 Å². The molecule has 2 heteroatoms. The molecule has 1 aliphatic carbocycles. The van der Waals surface area contributed by atoms with E-state index in [-0.39, 0.29) is 5.60 Å². The lowest BCUT2D eigenvalue weighted by atomic mass is 9.94. The number of hydrogen-bond acceptors (Lipinski definition) is 2. The van der Waals surface area contributed by atoms with Gasteiger partial charge >= 0.3 is 0 Å². The van der Waals surface area contributed by atoms with Crippen molar-refractivity contribution >= 4 is 6.21 Å². The predicted molar refractivity (Wildman–Crippen MR) is 72.5 cm³/mol. The van der Waals surface area contributed by atoms with Crippen LogP contribution in [0.15, 0.2) is 41.4 Å². The zero-order valence-corrected chi connectivity index (χ0v) is 10.4. The lowest BCUT2D eigenvalue weighted by molar-refractivity contribution is -0.0114. The fourth-order valence-electron chi connectivity index (χ4n) is 2.62. The summed E-state index contributed by atoms with van der Waals surface area (Å²) < 4.78 is 5.95. The number of ether oxygens (including phenoxy) is 1. The van der Waals surface area contributed by atoms with E-state index in [4.69, 9.17) is 4.74 Å². The van der Waals surface area contributed by atoms with Gasteiger partial charge in [0.05, 0.1) is 18.8 Å². The van der Waals surface area contributed by atoms with Crippen molar-refractivity contribution in [2.24, 2.45) is 4.99 Å². The van der Waals surface area contributed by atoms with Crippen LogP contribution in [-0.2, 0) is 4.74 Å². The van der Waals surface area contributed by atoms with Gasteiger partial charge in [0.25, 0.3) is 0 Å². The highest BCUT2D eigenvalue weighted by Crippen LogP contribution is 2.38. The van der Waals surface area contributed by atoms with Crippen LogP contribution in [0.2, 0.25) is 0 Å². The van der Waals surface area contributed by atoms with E-state index >= 15 is 0 Å². The van der Waals surface area contributed by atoms with Crippen molar-refractivity contribution in [3.05, 3.63) is 36.5 Å². The van der Waals surface area contributed by atoms with Gasteiger partial charge in [0, 0.05) is 6.21 Å². The minimum Gasteiger partial charge on any atom is -0.371 e. The van der Waals surface area contributed by atoms with Gasteiger partial charge in [0.1, 0.15) is 0 Å². The third kappa shape index (κ3) is 3.40. The maximum Gasteiger partial charge on any atom is 0.0865 e. The molecule has 1 aliphatic heterocycles. The van der Waals surface area contributed by atoms with Crippen LogP contribution < -0.4 is 0 Å². The first-order valence-corrected chi connectivity index (χ1v) is 6.47. The molecule has 0 unspecified atom stereocenters. The van der Waals surface area contributed by atoms with E-state index in [0.29, 0.717) is 0 Å². The second-order valence-electron chi connectivity index (χ2n) is 4.78. The van der Waals surface area contributed by atoms with Crippen LogP contribution in [-0.4, -0.2) is 25.0 Å². The number of aliphatic imine (C=N–C) groups is 1. The topological polar surface area (TPSA) is 21.6 Å². The van der Waals surface area contributed by atoms with Crippen LogP contribution in [0.4, 0.5) is 0 Å². The molecule has 0 bridgehead atoms. The lowest BCUT2D eigenvalue weighted by Crippen LogP contribution is -2.31. The Hall–Kier alpha value is -1.15. The molecular formula is C15H21NO. The Morgan fingerprint density at radius 2 is 2.18 bits per heavy atom. The second kappa shape index (κ2) is 5.97. The van der Waals surface area contributed by atoms with Crippen molar-refractivity contribution in [2.45, 2.75) is 37.7 Å². The summed E-state index contributed by atoms with van der Waals surface area (Å²) in [5.74, 6) is 0. The van der Waals surface area contributed by atoms with E-state index in [1.54, 1.807) is 6.08 Å². The van der Waals surface area contributed by atoms with Crippen LogP contribution in [0.5, 0.6) is 0 Å². The SMILES string of the molecule is C=C/C=C\C=NCC1=CC2(CCCC2)OCC1. The first-order chi connectivity index (χ1) is 8.35. The molecular weight excluding hydrogens is 210 g/mol. The Labute approximate surface area is 104 Å². The summed E-state index contributed by atoms with van der Waals surface area (Å²) >= 11 is 0. The Morgan fingerprint density at radius 1 is 1.35 bits per heavy atom. The first-order valence-electron chi connectivity index (χ1n) is 6.47. The zero-order chi connectivity index (χ0) is 12.0. The molecule has 0 N–H and O–H groups in total. The minimum absolute atomic E-state index is 0.0695. The number of hydrogen-bond donors (Lipinski definition) is 0. The highest BCUT2D eigenvalue weighted by molar-refractivity contribution is 5.71. The summed E-state index contributed by atoms with van der Waals surface area (Å²) in [4.78, 5) is 4.40. The summed E-state index contributed by atoms with van der Waals surface area (Å²) in [6.07, 6.45) is 15.8. The standard InChI is InChI=1S/C15H21NO/c1-2-3-6-10-16-13-14-7-11-17-15(12-14)8-4-5-9-15/h2-3,6,10,12H,1,4-5,7-9,11,13H2/b6-3-,16-10?. The van der Waals surface area contributed by atoms with Crippen molar-refractivity contribution in [3.8, 4) is 0 Å². The number of allylic oxidation sites excluding steroid dienone is 3. The molecule has 1 spiro atoms. The van der Waals surface area contributed by atoms with E-state index in [2.05, 4.69) is 17.6 Å². The zero-order valence-electron chi connectivity index (χ0n) is 10.4. The molecule has 2 aliphatic rings. The van der Waals surface area contributed by atoms with Crippen molar-refractivity contribution in [1.29, 1.82) is 0 Å². The van der Waals surface area contributed by atoms with Gasteiger partial charge in [-0.1, -0.05) is 37.6 Å². The molecule has 1 heterocycles. The van der Waals surface area contributed by atoms with Gasteiger partial charge in [-0.3, -0.25) is 4.99 Å². The van der Waals surface area contributed by atoms with Crippen LogP contribution in [0, 0.1) is 0 Å². The third-order valence-electron chi connectivity index (χ3n) is 3.46. The molecule has 92 valence electrons. The molecule has 0 aromatic rings. The number of nitrogens with zero attached hydrogens (tertiary/aromatic N) is 1. The van der Waals surface area contributed by atoms with Gasteiger partial charge in [-0.15, -0.1) is 0 Å². The smallest absolute Gasteiger partial charge is 0.0865 e. The molecule has 0 saturated heterocycles. The highest BCUT2D eigenvalue weighted by atomic mass is 16.5. The fourth-order valence-corrected chi connectivity index (χ4v) is 2.62. The average molecular weight is 231 g/mol. The summed E-state index contributed by atoms with van der Waals surface area (Å²) in [5.41, 5.74) is 1.50. The maximum atomic E-state index is 5.95. The Kier molecular flexibility index (Phi) is 4.32. The highest BCUT2D eigenvalue weighted by Gasteiger charge is 2.34. The van der Waals surface area contributed by atoms with E-state index in [1.807, 2.05) is 18.4 Å². The van der Waals surface area contributed by atoms with Crippen molar-refractivity contribution < 1.29 is 4.74 Å². The summed E-state index contributed by atoms with van der Waals surface area (Å²) in [5, 5.41) is 0. The Morgan fingerprint density at radius 3 is 2.94 bits per heavy atom. The third-order valence-corrected chi connectivity index (χ3v) is 3.46. The molecule has 17 heavy (non-hydrogen) atoms. The van der Waals surface area contributed by atoms with E-state index in [1.165, 1.54) is 31.3 Å². The second-order valence-corrected chi connectivity index (χ2v) is 4.78. The molecule has 2 nitrogen and oxygen atoms in total. The van der Waals surface area contributed by atoms with E-state index in [9.17, 15) is 0 Å². The average Bonchev–Trinajstić information content (AvgIpc) is 2.77. The Balaban J connectivity index is 1.91. The molecule has 1 saturated carbocycles. The maximum absolute atomic E-state index is 5.95. The molecule has 2 rings (SSSR count). The predicted octanol–water partition coefficient (Wildman–Crippen LogP) is 3.46. The normalized spacial score (nSPS) is 23.6. The van der Waals surface area contributed by atoms with Crippen molar-refractivity contribution in [3.63, 3.8) is 0 Å². The van der Waals surface area contributed by atoms with Gasteiger partial charge in [-0.25, -0.2) is 0 Å². The van der Waals surface area contributed by atoms with Gasteiger partial charge in [-0.05, 0) is 30.9 Å². The lowest BCUT2D eigenvalue weighted by Gasteiger charge is -2.31. The molecule has 0 amide bonds. The van der Waals surface area contributed by atoms with Crippen molar-refractivity contribution in [2.75, 3.05) is 13.2 Å². The van der Waals surface area contributed by atoms with Gasteiger partial charge in [0.15, 0.2) is 0 Å². The van der Waals surface area contributed by atoms with E-state index in [0.717, 1.165) is 19.6 Å². The molecule has 1 fully saturated rings. The summed E-state index contributed by atoms with van der Waals surface area (Å²) in [7, 11) is 0. The van der Waals surface area contributed by atoms with E-state index < -0.39 is 0 Å². The molecule has 0 atom stereocenters. The molecule has 0 aromatic carbocycles. The molecule has 0 radical (unpaired) electrons. The number of rotatable bonds is 4. The van der Waals surface area contributed by atoms with Crippen LogP contribution in [0.3, 0.4) is 0 Å². The van der Waals surface area contributed by atoms with Gasteiger partial charge in [0.2, 0.25) is 0 Å². The summed E-state index contributed by atoms with van der Waals surface area (Å²) in [6.45, 7) is 5.30. The quantitative estimate of drug-likeness (QED) is 0.412. The largest absolute Gasteiger partial charge is 0.371 e.